The van der Waals surface area contributed by atoms with Crippen LogP contribution < -0.4 is 10.6 Å². The topological polar surface area (TPSA) is 61.4 Å². The largest absolute Gasteiger partial charge is 0.338 e. The number of hydrogen-bond acceptors (Lipinski definition) is 2. The van der Waals surface area contributed by atoms with Crippen LogP contribution in [0.2, 0.25) is 0 Å². The summed E-state index contributed by atoms with van der Waals surface area (Å²) in [6, 6.07) is 14.0. The predicted octanol–water partition coefficient (Wildman–Crippen LogP) is 2.26. The van der Waals surface area contributed by atoms with Crippen molar-refractivity contribution in [3.05, 3.63) is 48.0 Å². The Labute approximate surface area is 135 Å². The van der Waals surface area contributed by atoms with E-state index in [-0.39, 0.29) is 18.0 Å². The number of urea groups is 1. The molecular weight excluding hydrogens is 290 g/mol. The fourth-order valence-corrected chi connectivity index (χ4v) is 3.05. The first-order valence-corrected chi connectivity index (χ1v) is 7.96. The highest BCUT2D eigenvalue weighted by molar-refractivity contribution is 5.87. The summed E-state index contributed by atoms with van der Waals surface area (Å²) in [7, 11) is 0. The molecule has 1 heterocycles. The van der Waals surface area contributed by atoms with Crippen molar-refractivity contribution >= 4 is 22.7 Å². The Morgan fingerprint density at radius 2 is 2.00 bits per heavy atom. The van der Waals surface area contributed by atoms with Crippen molar-refractivity contribution in [1.29, 1.82) is 0 Å². The SMILES string of the molecule is CCNC(=O)N[C@H]1CC(=O)N(Cc2cccc3ccccc23)C1. The van der Waals surface area contributed by atoms with Crippen LogP contribution in [0.15, 0.2) is 42.5 Å². The number of fused-ring (bicyclic) bond motifs is 1. The first-order valence-electron chi connectivity index (χ1n) is 7.96. The molecule has 3 amide bonds. The summed E-state index contributed by atoms with van der Waals surface area (Å²) in [6.45, 7) is 3.57. The molecule has 1 aliphatic rings. The van der Waals surface area contributed by atoms with Gasteiger partial charge in [-0.1, -0.05) is 42.5 Å². The Balaban J connectivity index is 1.70. The van der Waals surface area contributed by atoms with Crippen LogP contribution in [0.25, 0.3) is 10.8 Å². The van der Waals surface area contributed by atoms with Crippen LogP contribution in [0.4, 0.5) is 4.79 Å². The molecule has 1 fully saturated rings. The zero-order valence-corrected chi connectivity index (χ0v) is 13.2. The van der Waals surface area contributed by atoms with Crippen molar-refractivity contribution in [3.8, 4) is 0 Å². The molecule has 2 aromatic carbocycles. The number of hydrogen-bond donors (Lipinski definition) is 2. The van der Waals surface area contributed by atoms with Gasteiger partial charge in [0.05, 0.1) is 6.04 Å². The molecule has 3 rings (SSSR count). The van der Waals surface area contributed by atoms with E-state index in [1.165, 1.54) is 10.8 Å². The Morgan fingerprint density at radius 3 is 2.83 bits per heavy atom. The highest BCUT2D eigenvalue weighted by atomic mass is 16.2. The summed E-state index contributed by atoms with van der Waals surface area (Å²) >= 11 is 0. The molecular formula is C18H21N3O2. The monoisotopic (exact) mass is 311 g/mol. The molecule has 23 heavy (non-hydrogen) atoms. The van der Waals surface area contributed by atoms with Crippen LogP contribution in [0.1, 0.15) is 18.9 Å². The van der Waals surface area contributed by atoms with Gasteiger partial charge in [0.15, 0.2) is 0 Å². The molecule has 1 atom stereocenters. The van der Waals surface area contributed by atoms with Gasteiger partial charge in [-0.25, -0.2) is 4.79 Å². The van der Waals surface area contributed by atoms with Gasteiger partial charge in [0.25, 0.3) is 0 Å². The maximum Gasteiger partial charge on any atom is 0.315 e. The molecule has 5 nitrogen and oxygen atoms in total. The normalized spacial score (nSPS) is 17.5. The number of carbonyl (C=O) groups excluding carboxylic acids is 2. The predicted molar refractivity (Wildman–Crippen MR) is 90.0 cm³/mol. The van der Waals surface area contributed by atoms with E-state index >= 15 is 0 Å². The third-order valence-corrected chi connectivity index (χ3v) is 4.13. The third-order valence-electron chi connectivity index (χ3n) is 4.13. The Hall–Kier alpha value is -2.56. The number of nitrogens with one attached hydrogen (secondary N) is 2. The lowest BCUT2D eigenvalue weighted by Gasteiger charge is -2.18. The summed E-state index contributed by atoms with van der Waals surface area (Å²) in [5.74, 6) is 0.0831. The highest BCUT2D eigenvalue weighted by Crippen LogP contribution is 2.22. The van der Waals surface area contributed by atoms with Crippen molar-refractivity contribution in [1.82, 2.24) is 15.5 Å². The molecule has 0 bridgehead atoms. The molecule has 5 heteroatoms. The van der Waals surface area contributed by atoms with Crippen LogP contribution in [0.3, 0.4) is 0 Å². The van der Waals surface area contributed by atoms with E-state index < -0.39 is 0 Å². The van der Waals surface area contributed by atoms with Crippen LogP contribution in [0, 0.1) is 0 Å². The molecule has 120 valence electrons. The van der Waals surface area contributed by atoms with E-state index in [0.29, 0.717) is 26.1 Å². The van der Waals surface area contributed by atoms with Gasteiger partial charge in [-0.15, -0.1) is 0 Å². The second-order valence-electron chi connectivity index (χ2n) is 5.82. The summed E-state index contributed by atoms with van der Waals surface area (Å²) in [5, 5.41) is 7.89. The number of benzene rings is 2. The second kappa shape index (κ2) is 6.69. The fraction of sp³-hybridized carbons (Fsp3) is 0.333. The number of likely N-dealkylation sites (tertiary alicyclic amines) is 1. The van der Waals surface area contributed by atoms with Crippen LogP contribution >= 0.6 is 0 Å². The smallest absolute Gasteiger partial charge is 0.315 e. The first-order chi connectivity index (χ1) is 11.2. The van der Waals surface area contributed by atoms with Gasteiger partial charge in [0.1, 0.15) is 0 Å². The molecule has 2 aromatic rings. The molecule has 0 aromatic heterocycles. The van der Waals surface area contributed by atoms with Crippen LogP contribution in [0.5, 0.6) is 0 Å². The van der Waals surface area contributed by atoms with E-state index in [1.807, 2.05) is 30.0 Å². The quantitative estimate of drug-likeness (QED) is 0.910. The highest BCUT2D eigenvalue weighted by Gasteiger charge is 2.30. The van der Waals surface area contributed by atoms with Gasteiger partial charge in [-0.2, -0.15) is 0 Å². The van der Waals surface area contributed by atoms with E-state index in [2.05, 4.69) is 34.9 Å². The van der Waals surface area contributed by atoms with Crippen LogP contribution in [-0.4, -0.2) is 36.0 Å². The lowest BCUT2D eigenvalue weighted by molar-refractivity contribution is -0.128. The maximum atomic E-state index is 12.2. The molecule has 0 spiro atoms. The lowest BCUT2D eigenvalue weighted by atomic mass is 10.0. The van der Waals surface area contributed by atoms with E-state index in [4.69, 9.17) is 0 Å². The van der Waals surface area contributed by atoms with E-state index in [0.717, 1.165) is 5.56 Å². The standard InChI is InChI=1S/C18H21N3O2/c1-2-19-18(23)20-15-10-17(22)21(12-15)11-14-8-5-7-13-6-3-4-9-16(13)14/h3-9,15H,2,10-12H2,1H3,(H2,19,20,23)/t15-/m0/s1. The zero-order chi connectivity index (χ0) is 16.2. The fourth-order valence-electron chi connectivity index (χ4n) is 3.05. The molecule has 1 aliphatic heterocycles. The number of amides is 3. The van der Waals surface area contributed by atoms with E-state index in [1.54, 1.807) is 0 Å². The van der Waals surface area contributed by atoms with Gasteiger partial charge in [0, 0.05) is 26.1 Å². The Kier molecular flexibility index (Phi) is 4.46. The minimum Gasteiger partial charge on any atom is -0.338 e. The van der Waals surface area contributed by atoms with Gasteiger partial charge in [-0.3, -0.25) is 4.79 Å². The minimum absolute atomic E-state index is 0.0831. The van der Waals surface area contributed by atoms with Crippen molar-refractivity contribution in [2.75, 3.05) is 13.1 Å². The van der Waals surface area contributed by atoms with Gasteiger partial charge in [-0.05, 0) is 23.3 Å². The summed E-state index contributed by atoms with van der Waals surface area (Å²) in [6.07, 6.45) is 0.363. The lowest BCUT2D eigenvalue weighted by Crippen LogP contribution is -2.43. The van der Waals surface area contributed by atoms with Crippen molar-refractivity contribution in [2.45, 2.75) is 25.9 Å². The molecule has 2 N–H and O–H groups in total. The molecule has 0 saturated carbocycles. The van der Waals surface area contributed by atoms with Crippen LogP contribution in [-0.2, 0) is 11.3 Å². The van der Waals surface area contributed by atoms with Crippen molar-refractivity contribution < 1.29 is 9.59 Å². The number of rotatable bonds is 4. The molecule has 0 aliphatic carbocycles. The first kappa shape index (κ1) is 15.3. The summed E-state index contributed by atoms with van der Waals surface area (Å²) in [4.78, 5) is 25.6. The van der Waals surface area contributed by atoms with Crippen molar-refractivity contribution in [3.63, 3.8) is 0 Å². The summed E-state index contributed by atoms with van der Waals surface area (Å²) in [5.41, 5.74) is 1.13. The number of nitrogens with zero attached hydrogens (tertiary/aromatic N) is 1. The zero-order valence-electron chi connectivity index (χ0n) is 13.2. The second-order valence-corrected chi connectivity index (χ2v) is 5.82. The Bertz CT molecular complexity index is 724. The van der Waals surface area contributed by atoms with E-state index in [9.17, 15) is 9.59 Å². The average Bonchev–Trinajstić information content (AvgIpc) is 2.87. The molecule has 0 radical (unpaired) electrons. The number of carbonyl (C=O) groups is 2. The van der Waals surface area contributed by atoms with Gasteiger partial charge >= 0.3 is 6.03 Å². The minimum atomic E-state index is -0.211. The third kappa shape index (κ3) is 3.44. The molecule has 0 unspecified atom stereocenters. The van der Waals surface area contributed by atoms with Gasteiger partial charge < -0.3 is 15.5 Å². The summed E-state index contributed by atoms with van der Waals surface area (Å²) < 4.78 is 0. The molecule has 1 saturated heterocycles. The van der Waals surface area contributed by atoms with Crippen molar-refractivity contribution in [2.24, 2.45) is 0 Å². The Morgan fingerprint density at radius 1 is 1.22 bits per heavy atom. The average molecular weight is 311 g/mol. The van der Waals surface area contributed by atoms with Gasteiger partial charge in [0.2, 0.25) is 5.91 Å². The maximum absolute atomic E-state index is 12.2.